The zero-order valence-electron chi connectivity index (χ0n) is 25.8. The number of hydrogen-bond donors (Lipinski definition) is 1. The summed E-state index contributed by atoms with van der Waals surface area (Å²) >= 11 is 0. The van der Waals surface area contributed by atoms with Gasteiger partial charge in [0.1, 0.15) is 12.4 Å². The predicted molar refractivity (Wildman–Crippen MR) is 181 cm³/mol. The molecule has 0 atom stereocenters. The molecule has 7 rings (SSSR count). The molecule has 1 N–H and O–H groups in total. The van der Waals surface area contributed by atoms with Gasteiger partial charge < -0.3 is 24.1 Å². The molecule has 0 saturated carbocycles. The number of rotatable bonds is 11. The van der Waals surface area contributed by atoms with Gasteiger partial charge in [-0.15, -0.1) is 0 Å². The van der Waals surface area contributed by atoms with Crippen molar-refractivity contribution in [2.75, 3.05) is 13.3 Å². The molecule has 0 unspecified atom stereocenters. The lowest BCUT2D eigenvalue weighted by Crippen LogP contribution is -2.26. The van der Waals surface area contributed by atoms with Crippen LogP contribution in [0, 0.1) is 6.92 Å². The maximum atomic E-state index is 14.1. The average molecular weight is 609 g/mol. The average Bonchev–Trinajstić information content (AvgIpc) is 3.69. The van der Waals surface area contributed by atoms with Gasteiger partial charge in [-0.25, -0.2) is 0 Å². The summed E-state index contributed by atoms with van der Waals surface area (Å²) in [6.07, 6.45) is 0.774. The van der Waals surface area contributed by atoms with Crippen molar-refractivity contribution < 1.29 is 19.0 Å². The molecule has 1 aromatic heterocycles. The van der Waals surface area contributed by atoms with Crippen LogP contribution in [0.4, 0.5) is 0 Å². The van der Waals surface area contributed by atoms with Crippen LogP contribution in [0.25, 0.3) is 10.9 Å². The van der Waals surface area contributed by atoms with Crippen LogP contribution in [-0.2, 0) is 13.2 Å². The van der Waals surface area contributed by atoms with Crippen LogP contribution in [0.3, 0.4) is 0 Å². The number of carbonyl (C=O) groups excluding carboxylic acids is 1. The standard InChI is InChI=1S/C40H36N2O4/c1-28-38(40(43)41-23-22-34(30-14-7-3-8-15-30)31-16-9-4-10-17-31)35-24-33(44-26-29-12-5-2-6-13-29)20-21-36(35)42(28)25-32-18-11-19-37-39(32)46-27-45-37/h2-21,24,34H,22-23,25-27H2,1H3,(H,41,43). The molecule has 1 amide bonds. The number of ether oxygens (including phenoxy) is 3. The Balaban J connectivity index is 1.18. The summed E-state index contributed by atoms with van der Waals surface area (Å²) in [7, 11) is 0. The van der Waals surface area contributed by atoms with E-state index in [1.165, 1.54) is 11.1 Å². The van der Waals surface area contributed by atoms with E-state index in [0.717, 1.165) is 45.6 Å². The van der Waals surface area contributed by atoms with E-state index in [1.807, 2.05) is 85.8 Å². The lowest BCUT2D eigenvalue weighted by molar-refractivity contribution is 0.0953. The summed E-state index contributed by atoms with van der Waals surface area (Å²) in [6.45, 7) is 3.73. The number of benzene rings is 5. The predicted octanol–water partition coefficient (Wildman–Crippen LogP) is 8.26. The monoisotopic (exact) mass is 608 g/mol. The third kappa shape index (κ3) is 6.07. The zero-order chi connectivity index (χ0) is 31.3. The molecule has 230 valence electrons. The van der Waals surface area contributed by atoms with Crippen LogP contribution >= 0.6 is 0 Å². The van der Waals surface area contributed by atoms with Gasteiger partial charge >= 0.3 is 0 Å². The molecule has 46 heavy (non-hydrogen) atoms. The summed E-state index contributed by atoms with van der Waals surface area (Å²) in [5.74, 6) is 2.29. The minimum atomic E-state index is -0.0980. The van der Waals surface area contributed by atoms with Crippen molar-refractivity contribution in [2.45, 2.75) is 32.4 Å². The molecular formula is C40H36N2O4. The van der Waals surface area contributed by atoms with E-state index in [2.05, 4.69) is 58.4 Å². The number of hydrogen-bond acceptors (Lipinski definition) is 4. The van der Waals surface area contributed by atoms with E-state index in [0.29, 0.717) is 31.0 Å². The van der Waals surface area contributed by atoms with Crippen molar-refractivity contribution in [1.29, 1.82) is 0 Å². The van der Waals surface area contributed by atoms with E-state index in [9.17, 15) is 4.79 Å². The zero-order valence-corrected chi connectivity index (χ0v) is 25.8. The molecule has 0 fully saturated rings. The summed E-state index contributed by atoms with van der Waals surface area (Å²) in [5.41, 5.74) is 7.04. The first-order valence-corrected chi connectivity index (χ1v) is 15.7. The second-order valence-electron chi connectivity index (χ2n) is 11.6. The maximum Gasteiger partial charge on any atom is 0.253 e. The highest BCUT2D eigenvalue weighted by Crippen LogP contribution is 2.38. The first-order valence-electron chi connectivity index (χ1n) is 15.7. The molecule has 2 heterocycles. The fraction of sp³-hybridized carbons (Fsp3) is 0.175. The molecule has 0 bridgehead atoms. The number of amides is 1. The summed E-state index contributed by atoms with van der Waals surface area (Å²) in [4.78, 5) is 14.1. The number of carbonyl (C=O) groups is 1. The lowest BCUT2D eigenvalue weighted by Gasteiger charge is -2.18. The topological polar surface area (TPSA) is 61.7 Å². The normalized spacial score (nSPS) is 12.0. The van der Waals surface area contributed by atoms with Gasteiger partial charge in [0.2, 0.25) is 6.79 Å². The lowest BCUT2D eigenvalue weighted by atomic mass is 9.88. The van der Waals surface area contributed by atoms with Crippen molar-refractivity contribution in [2.24, 2.45) is 0 Å². The van der Waals surface area contributed by atoms with Gasteiger partial charge in [0.25, 0.3) is 5.91 Å². The fourth-order valence-corrected chi connectivity index (χ4v) is 6.38. The van der Waals surface area contributed by atoms with E-state index in [-0.39, 0.29) is 18.6 Å². The van der Waals surface area contributed by atoms with Crippen molar-refractivity contribution >= 4 is 16.8 Å². The van der Waals surface area contributed by atoms with Gasteiger partial charge in [-0.3, -0.25) is 4.79 Å². The second kappa shape index (κ2) is 13.2. The summed E-state index contributed by atoms with van der Waals surface area (Å²) in [6, 6.07) is 43.0. The Morgan fingerprint density at radius 3 is 2.24 bits per heavy atom. The van der Waals surface area contributed by atoms with E-state index >= 15 is 0 Å². The van der Waals surface area contributed by atoms with Gasteiger partial charge in [-0.1, -0.05) is 103 Å². The minimum absolute atomic E-state index is 0.0980. The third-order valence-corrected chi connectivity index (χ3v) is 8.70. The molecule has 0 spiro atoms. The summed E-state index contributed by atoms with van der Waals surface area (Å²) in [5, 5.41) is 4.11. The second-order valence-corrected chi connectivity index (χ2v) is 11.6. The Morgan fingerprint density at radius 2 is 1.52 bits per heavy atom. The van der Waals surface area contributed by atoms with Crippen LogP contribution in [0.1, 0.15) is 50.6 Å². The molecule has 1 aliphatic rings. The van der Waals surface area contributed by atoms with Gasteiger partial charge in [0, 0.05) is 34.6 Å². The number of fused-ring (bicyclic) bond motifs is 2. The van der Waals surface area contributed by atoms with Gasteiger partial charge in [-0.05, 0) is 54.3 Å². The number of aromatic nitrogens is 1. The molecular weight excluding hydrogens is 572 g/mol. The molecule has 0 aliphatic carbocycles. The quantitative estimate of drug-likeness (QED) is 0.161. The highest BCUT2D eigenvalue weighted by atomic mass is 16.7. The Hall–Kier alpha value is -5.49. The van der Waals surface area contributed by atoms with Gasteiger partial charge in [0.15, 0.2) is 11.5 Å². The molecule has 6 aromatic rings. The number of nitrogens with one attached hydrogen (secondary N) is 1. The first kappa shape index (κ1) is 29.2. The van der Waals surface area contributed by atoms with E-state index < -0.39 is 0 Å². The minimum Gasteiger partial charge on any atom is -0.489 e. The first-order chi connectivity index (χ1) is 22.7. The molecule has 6 heteroatoms. The number of para-hydroxylation sites is 1. The van der Waals surface area contributed by atoms with Crippen LogP contribution in [0.15, 0.2) is 127 Å². The summed E-state index contributed by atoms with van der Waals surface area (Å²) < 4.78 is 19.8. The van der Waals surface area contributed by atoms with Crippen molar-refractivity contribution in [1.82, 2.24) is 9.88 Å². The Labute approximate surface area is 269 Å². The molecule has 5 aromatic carbocycles. The number of nitrogens with zero attached hydrogens (tertiary/aromatic N) is 1. The Morgan fingerprint density at radius 1 is 0.826 bits per heavy atom. The largest absolute Gasteiger partial charge is 0.489 e. The van der Waals surface area contributed by atoms with E-state index in [4.69, 9.17) is 14.2 Å². The molecule has 0 saturated heterocycles. The third-order valence-electron chi connectivity index (χ3n) is 8.70. The fourth-order valence-electron chi connectivity index (χ4n) is 6.38. The van der Waals surface area contributed by atoms with Crippen molar-refractivity contribution in [3.8, 4) is 17.2 Å². The molecule has 0 radical (unpaired) electrons. The smallest absolute Gasteiger partial charge is 0.253 e. The Bertz CT molecular complexity index is 1910. The van der Waals surface area contributed by atoms with Crippen LogP contribution < -0.4 is 19.5 Å². The highest BCUT2D eigenvalue weighted by Gasteiger charge is 2.24. The van der Waals surface area contributed by atoms with E-state index in [1.54, 1.807) is 0 Å². The van der Waals surface area contributed by atoms with Gasteiger partial charge in [-0.2, -0.15) is 0 Å². The van der Waals surface area contributed by atoms with Crippen molar-refractivity contribution in [3.63, 3.8) is 0 Å². The highest BCUT2D eigenvalue weighted by molar-refractivity contribution is 6.08. The molecule has 1 aliphatic heterocycles. The van der Waals surface area contributed by atoms with Gasteiger partial charge in [0.05, 0.1) is 12.1 Å². The SMILES string of the molecule is Cc1c(C(=O)NCCC(c2ccccc2)c2ccccc2)c2cc(OCc3ccccc3)ccc2n1Cc1cccc2c1OCO2. The molecule has 6 nitrogen and oxygen atoms in total. The van der Waals surface area contributed by atoms with Crippen LogP contribution in [0.2, 0.25) is 0 Å². The van der Waals surface area contributed by atoms with Crippen LogP contribution in [0.5, 0.6) is 17.2 Å². The Kier molecular flexibility index (Phi) is 8.42. The van der Waals surface area contributed by atoms with Crippen LogP contribution in [-0.4, -0.2) is 23.8 Å². The van der Waals surface area contributed by atoms with Crippen molar-refractivity contribution in [3.05, 3.63) is 161 Å². The maximum absolute atomic E-state index is 14.1.